The normalized spacial score (nSPS) is 10.9. The van der Waals surface area contributed by atoms with Gasteiger partial charge in [0, 0.05) is 12.1 Å². The number of rotatable bonds is 10. The van der Waals surface area contributed by atoms with Crippen molar-refractivity contribution in [3.05, 3.63) is 65.7 Å². The Balaban J connectivity index is 1.33. The van der Waals surface area contributed by atoms with Crippen LogP contribution >= 0.6 is 11.8 Å². The Morgan fingerprint density at radius 2 is 1.94 bits per heavy atom. The van der Waals surface area contributed by atoms with E-state index < -0.39 is 0 Å². The lowest BCUT2D eigenvalue weighted by atomic mass is 10.1. The number of hydrogen-bond acceptors (Lipinski definition) is 8. The van der Waals surface area contributed by atoms with Gasteiger partial charge in [0.25, 0.3) is 0 Å². The number of fused-ring (bicyclic) bond motifs is 1. The van der Waals surface area contributed by atoms with Gasteiger partial charge in [-0.3, -0.25) is 4.79 Å². The lowest BCUT2D eigenvalue weighted by Crippen LogP contribution is -2.27. The van der Waals surface area contributed by atoms with Gasteiger partial charge in [-0.2, -0.15) is 0 Å². The molecule has 34 heavy (non-hydrogen) atoms. The van der Waals surface area contributed by atoms with Gasteiger partial charge in [-0.15, -0.1) is 5.10 Å². The number of nitrogens with zero attached hydrogens (tertiary/aromatic N) is 5. The molecule has 9 nitrogen and oxygen atoms in total. The van der Waals surface area contributed by atoms with Crippen LogP contribution in [0.3, 0.4) is 0 Å². The molecule has 0 aliphatic carbocycles. The minimum atomic E-state index is -0.320. The minimum Gasteiger partial charge on any atom is -0.493 e. The standard InChI is InChI=1S/C23H23FN6O3S/c1-32-18-8-7-15(11-19(18)33-2)9-10-25-20(31)13-34-23-21-22(26-14-27-23)30(29-28-21)12-16-5-3-4-6-17(16)24/h3-8,11,14H,9-10,12-13H2,1-2H3,(H,25,31). The number of carbonyl (C=O) groups is 1. The van der Waals surface area contributed by atoms with Gasteiger partial charge in [0.15, 0.2) is 22.7 Å². The first-order valence-corrected chi connectivity index (χ1v) is 11.5. The zero-order valence-corrected chi connectivity index (χ0v) is 19.5. The van der Waals surface area contributed by atoms with Crippen LogP contribution in [-0.2, 0) is 17.8 Å². The highest BCUT2D eigenvalue weighted by atomic mass is 32.2. The smallest absolute Gasteiger partial charge is 0.230 e. The molecule has 0 fully saturated rings. The summed E-state index contributed by atoms with van der Waals surface area (Å²) < 4.78 is 26.1. The molecule has 0 aliphatic heterocycles. The van der Waals surface area contributed by atoms with Crippen molar-refractivity contribution in [3.8, 4) is 11.5 Å². The van der Waals surface area contributed by atoms with Gasteiger partial charge in [0.1, 0.15) is 17.2 Å². The maximum Gasteiger partial charge on any atom is 0.230 e. The van der Waals surface area contributed by atoms with Crippen LogP contribution in [-0.4, -0.2) is 57.4 Å². The van der Waals surface area contributed by atoms with Gasteiger partial charge < -0.3 is 14.8 Å². The molecule has 0 unspecified atom stereocenters. The van der Waals surface area contributed by atoms with Crippen molar-refractivity contribution >= 4 is 28.8 Å². The molecular formula is C23H23FN6O3S. The summed E-state index contributed by atoms with van der Waals surface area (Å²) >= 11 is 1.25. The molecule has 2 aromatic heterocycles. The van der Waals surface area contributed by atoms with Crippen LogP contribution in [0.5, 0.6) is 11.5 Å². The van der Waals surface area contributed by atoms with Crippen molar-refractivity contribution in [2.75, 3.05) is 26.5 Å². The van der Waals surface area contributed by atoms with Crippen molar-refractivity contribution in [1.82, 2.24) is 30.3 Å². The fourth-order valence-electron chi connectivity index (χ4n) is 3.34. The summed E-state index contributed by atoms with van der Waals surface area (Å²) in [6.07, 6.45) is 2.04. The maximum atomic E-state index is 14.0. The molecule has 0 spiro atoms. The molecule has 4 rings (SSSR count). The molecule has 2 aromatic carbocycles. The number of ether oxygens (including phenoxy) is 2. The highest BCUT2D eigenvalue weighted by molar-refractivity contribution is 8.00. The summed E-state index contributed by atoms with van der Waals surface area (Å²) in [6, 6.07) is 12.1. The highest BCUT2D eigenvalue weighted by Gasteiger charge is 2.15. The molecule has 11 heteroatoms. The molecule has 1 N–H and O–H groups in total. The van der Waals surface area contributed by atoms with E-state index in [1.165, 1.54) is 28.8 Å². The molecule has 0 saturated carbocycles. The number of amides is 1. The van der Waals surface area contributed by atoms with Crippen LogP contribution in [0, 0.1) is 5.82 Å². The SMILES string of the molecule is COc1ccc(CCNC(=O)CSc2ncnc3c2nnn3Cc2ccccc2F)cc1OC. The maximum absolute atomic E-state index is 14.0. The first kappa shape index (κ1) is 23.4. The summed E-state index contributed by atoms with van der Waals surface area (Å²) in [5.74, 6) is 1.03. The number of thioether (sulfide) groups is 1. The first-order chi connectivity index (χ1) is 16.6. The van der Waals surface area contributed by atoms with Gasteiger partial charge in [-0.05, 0) is 30.2 Å². The van der Waals surface area contributed by atoms with E-state index in [9.17, 15) is 9.18 Å². The summed E-state index contributed by atoms with van der Waals surface area (Å²) in [6.45, 7) is 0.674. The summed E-state index contributed by atoms with van der Waals surface area (Å²) in [5.41, 5.74) is 2.46. The Kier molecular flexibility index (Phi) is 7.53. The number of halogens is 1. The Bertz CT molecular complexity index is 1300. The van der Waals surface area contributed by atoms with Gasteiger partial charge in [-0.25, -0.2) is 19.0 Å². The molecule has 2 heterocycles. The van der Waals surface area contributed by atoms with E-state index in [0.29, 0.717) is 46.2 Å². The van der Waals surface area contributed by atoms with E-state index in [1.807, 2.05) is 18.2 Å². The Hall–Kier alpha value is -3.73. The summed E-state index contributed by atoms with van der Waals surface area (Å²) in [4.78, 5) is 20.8. The minimum absolute atomic E-state index is 0.129. The number of aromatic nitrogens is 5. The largest absolute Gasteiger partial charge is 0.493 e. The van der Waals surface area contributed by atoms with Crippen LogP contribution < -0.4 is 14.8 Å². The summed E-state index contributed by atoms with van der Waals surface area (Å²) in [5, 5.41) is 11.7. The van der Waals surface area contributed by atoms with E-state index >= 15 is 0 Å². The van der Waals surface area contributed by atoms with Gasteiger partial charge in [-0.1, -0.05) is 41.2 Å². The predicted molar refractivity (Wildman–Crippen MR) is 126 cm³/mol. The lowest BCUT2D eigenvalue weighted by molar-refractivity contribution is -0.118. The van der Waals surface area contributed by atoms with Crippen molar-refractivity contribution in [2.45, 2.75) is 18.0 Å². The van der Waals surface area contributed by atoms with E-state index in [4.69, 9.17) is 9.47 Å². The molecule has 1 amide bonds. The molecule has 0 aliphatic rings. The van der Waals surface area contributed by atoms with Gasteiger partial charge >= 0.3 is 0 Å². The molecule has 4 aromatic rings. The van der Waals surface area contributed by atoms with Crippen LogP contribution in [0.4, 0.5) is 4.39 Å². The van der Waals surface area contributed by atoms with Crippen molar-refractivity contribution in [1.29, 1.82) is 0 Å². The van der Waals surface area contributed by atoms with E-state index in [1.54, 1.807) is 32.4 Å². The van der Waals surface area contributed by atoms with Crippen LogP contribution in [0.2, 0.25) is 0 Å². The molecule has 176 valence electrons. The van der Waals surface area contributed by atoms with Crippen molar-refractivity contribution < 1.29 is 18.7 Å². The molecule has 0 radical (unpaired) electrons. The van der Waals surface area contributed by atoms with E-state index in [2.05, 4.69) is 25.6 Å². The third kappa shape index (κ3) is 5.42. The number of benzene rings is 2. The predicted octanol–water partition coefficient (Wildman–Crippen LogP) is 2.88. The second kappa shape index (κ2) is 10.9. The topological polar surface area (TPSA) is 104 Å². The Morgan fingerprint density at radius 3 is 2.74 bits per heavy atom. The third-order valence-corrected chi connectivity index (χ3v) is 6.05. The van der Waals surface area contributed by atoms with Crippen LogP contribution in [0.1, 0.15) is 11.1 Å². The second-order valence-electron chi connectivity index (χ2n) is 7.27. The van der Waals surface area contributed by atoms with Crippen LogP contribution in [0.25, 0.3) is 11.2 Å². The van der Waals surface area contributed by atoms with Crippen LogP contribution in [0.15, 0.2) is 53.8 Å². The van der Waals surface area contributed by atoms with E-state index in [-0.39, 0.29) is 24.0 Å². The second-order valence-corrected chi connectivity index (χ2v) is 8.23. The zero-order chi connectivity index (χ0) is 23.9. The monoisotopic (exact) mass is 482 g/mol. The van der Waals surface area contributed by atoms with E-state index in [0.717, 1.165) is 5.56 Å². The fraction of sp³-hybridized carbons (Fsp3) is 0.261. The zero-order valence-electron chi connectivity index (χ0n) is 18.7. The average Bonchev–Trinajstić information content (AvgIpc) is 3.27. The van der Waals surface area contributed by atoms with Crippen molar-refractivity contribution in [2.24, 2.45) is 0 Å². The quantitative estimate of drug-likeness (QED) is 0.272. The van der Waals surface area contributed by atoms with Crippen molar-refractivity contribution in [3.63, 3.8) is 0 Å². The molecular weight excluding hydrogens is 459 g/mol. The Morgan fingerprint density at radius 1 is 1.12 bits per heavy atom. The van der Waals surface area contributed by atoms with Gasteiger partial charge in [0.05, 0.1) is 26.5 Å². The first-order valence-electron chi connectivity index (χ1n) is 10.5. The molecule has 0 bridgehead atoms. The number of methoxy groups -OCH3 is 2. The Labute approximate surface area is 199 Å². The lowest BCUT2D eigenvalue weighted by Gasteiger charge is -2.10. The summed E-state index contributed by atoms with van der Waals surface area (Å²) in [7, 11) is 3.17. The number of hydrogen-bond donors (Lipinski definition) is 1. The average molecular weight is 483 g/mol. The highest BCUT2D eigenvalue weighted by Crippen LogP contribution is 2.27. The molecule has 0 atom stereocenters. The van der Waals surface area contributed by atoms with Gasteiger partial charge in [0.2, 0.25) is 5.91 Å². The third-order valence-electron chi connectivity index (χ3n) is 5.07. The fourth-order valence-corrected chi connectivity index (χ4v) is 4.10. The number of carbonyl (C=O) groups excluding carboxylic acids is 1. The molecule has 0 saturated heterocycles. The number of nitrogens with one attached hydrogen (secondary N) is 1.